The molecular formula is C24H19ClN2O3S. The van der Waals surface area contributed by atoms with Gasteiger partial charge in [0.15, 0.2) is 10.6 Å². The first kappa shape index (κ1) is 20.0. The van der Waals surface area contributed by atoms with Gasteiger partial charge in [-0.3, -0.25) is 14.5 Å². The highest BCUT2D eigenvalue weighted by Gasteiger charge is 2.45. The number of benzene rings is 2. The van der Waals surface area contributed by atoms with Crippen LogP contribution in [0.25, 0.3) is 11.0 Å². The molecule has 1 amide bonds. The molecule has 2 aromatic heterocycles. The summed E-state index contributed by atoms with van der Waals surface area (Å²) in [5, 5.41) is 1.36. The topological polar surface area (TPSA) is 63.4 Å². The molecule has 0 spiro atoms. The van der Waals surface area contributed by atoms with Gasteiger partial charge >= 0.3 is 0 Å². The highest BCUT2D eigenvalue weighted by molar-refractivity contribution is 7.15. The van der Waals surface area contributed by atoms with E-state index in [1.54, 1.807) is 23.1 Å². The first-order valence-corrected chi connectivity index (χ1v) is 11.2. The Morgan fingerprint density at radius 3 is 2.52 bits per heavy atom. The fraction of sp³-hybridized carbons (Fsp3) is 0.208. The molecule has 0 bridgehead atoms. The molecule has 0 radical (unpaired) electrons. The van der Waals surface area contributed by atoms with Gasteiger partial charge < -0.3 is 4.42 Å². The highest BCUT2D eigenvalue weighted by atomic mass is 35.5. The maximum atomic E-state index is 13.6. The lowest BCUT2D eigenvalue weighted by Gasteiger charge is -2.22. The van der Waals surface area contributed by atoms with Crippen molar-refractivity contribution in [2.75, 3.05) is 4.90 Å². The Hall–Kier alpha value is -2.96. The number of aryl methyl sites for hydroxylation is 3. The van der Waals surface area contributed by atoms with Crippen molar-refractivity contribution in [1.29, 1.82) is 0 Å². The number of halogens is 1. The van der Waals surface area contributed by atoms with Crippen LogP contribution in [0.3, 0.4) is 0 Å². The normalized spacial score (nSPS) is 15.7. The predicted molar refractivity (Wildman–Crippen MR) is 124 cm³/mol. The monoisotopic (exact) mass is 450 g/mol. The lowest BCUT2D eigenvalue weighted by atomic mass is 9.97. The van der Waals surface area contributed by atoms with Crippen molar-refractivity contribution in [1.82, 2.24) is 4.98 Å². The van der Waals surface area contributed by atoms with Gasteiger partial charge in [0.2, 0.25) is 5.76 Å². The van der Waals surface area contributed by atoms with E-state index < -0.39 is 6.04 Å². The Kier molecular flexibility index (Phi) is 4.72. The van der Waals surface area contributed by atoms with Crippen LogP contribution >= 0.6 is 22.9 Å². The number of rotatable bonds is 3. The minimum absolute atomic E-state index is 0.0647. The average Bonchev–Trinajstić information content (AvgIpc) is 3.25. The van der Waals surface area contributed by atoms with Crippen molar-refractivity contribution < 1.29 is 9.21 Å². The molecule has 0 N–H and O–H groups in total. The maximum Gasteiger partial charge on any atom is 0.297 e. The van der Waals surface area contributed by atoms with E-state index in [-0.39, 0.29) is 17.1 Å². The molecule has 5 nitrogen and oxygen atoms in total. The number of carbonyl (C=O) groups excluding carboxylic acids is 1. The van der Waals surface area contributed by atoms with Gasteiger partial charge in [-0.2, -0.15) is 0 Å². The molecule has 7 heteroatoms. The SMILES string of the molecule is CCc1ccc(C2c3c(oc4ccc(Cl)cc4c3=O)C(=O)N2c2nc(C)c(C)s2)cc1. The summed E-state index contributed by atoms with van der Waals surface area (Å²) in [6.07, 6.45) is 0.903. The molecular weight excluding hydrogens is 432 g/mol. The van der Waals surface area contributed by atoms with Crippen LogP contribution in [0.5, 0.6) is 0 Å². The smallest absolute Gasteiger partial charge is 0.297 e. The summed E-state index contributed by atoms with van der Waals surface area (Å²) in [5.74, 6) is -0.294. The first-order chi connectivity index (χ1) is 14.9. The van der Waals surface area contributed by atoms with Gasteiger partial charge in [0.25, 0.3) is 5.91 Å². The molecule has 2 aromatic carbocycles. The number of hydrogen-bond acceptors (Lipinski definition) is 5. The summed E-state index contributed by atoms with van der Waals surface area (Å²) >= 11 is 7.57. The Morgan fingerprint density at radius 2 is 1.87 bits per heavy atom. The second-order valence-electron chi connectivity index (χ2n) is 7.63. The molecule has 5 rings (SSSR count). The quantitative estimate of drug-likeness (QED) is 0.393. The van der Waals surface area contributed by atoms with Gasteiger partial charge in [-0.1, -0.05) is 42.8 Å². The van der Waals surface area contributed by atoms with Crippen LogP contribution in [0.1, 0.15) is 50.8 Å². The molecule has 0 saturated carbocycles. The van der Waals surface area contributed by atoms with E-state index in [0.29, 0.717) is 26.7 Å². The molecule has 1 atom stereocenters. The predicted octanol–water partition coefficient (Wildman–Crippen LogP) is 5.83. The third-order valence-electron chi connectivity index (χ3n) is 5.76. The van der Waals surface area contributed by atoms with E-state index >= 15 is 0 Å². The summed E-state index contributed by atoms with van der Waals surface area (Å²) in [5.41, 5.74) is 3.30. The third-order valence-corrected chi connectivity index (χ3v) is 7.07. The average molecular weight is 451 g/mol. The van der Waals surface area contributed by atoms with Crippen molar-refractivity contribution in [3.63, 3.8) is 0 Å². The van der Waals surface area contributed by atoms with Crippen molar-refractivity contribution in [3.8, 4) is 0 Å². The molecule has 0 fully saturated rings. The van der Waals surface area contributed by atoms with Gasteiger partial charge in [-0.05, 0) is 49.6 Å². The Morgan fingerprint density at radius 1 is 1.13 bits per heavy atom. The van der Waals surface area contributed by atoms with E-state index in [1.165, 1.54) is 16.9 Å². The molecule has 0 aliphatic carbocycles. The number of thiazole rings is 1. The molecule has 1 unspecified atom stereocenters. The molecule has 3 heterocycles. The zero-order valence-electron chi connectivity index (χ0n) is 17.2. The fourth-order valence-electron chi connectivity index (χ4n) is 3.95. The minimum Gasteiger partial charge on any atom is -0.450 e. The van der Waals surface area contributed by atoms with Crippen molar-refractivity contribution in [3.05, 3.63) is 90.7 Å². The highest BCUT2D eigenvalue weighted by Crippen LogP contribution is 2.43. The van der Waals surface area contributed by atoms with Crippen molar-refractivity contribution in [2.45, 2.75) is 33.2 Å². The molecule has 4 aromatic rings. The number of fused-ring (bicyclic) bond motifs is 2. The van der Waals surface area contributed by atoms with Gasteiger partial charge in [0, 0.05) is 9.90 Å². The van der Waals surface area contributed by atoms with E-state index in [0.717, 1.165) is 22.6 Å². The van der Waals surface area contributed by atoms with Crippen LogP contribution in [0.2, 0.25) is 5.02 Å². The Labute approximate surface area is 187 Å². The van der Waals surface area contributed by atoms with Gasteiger partial charge in [-0.25, -0.2) is 4.98 Å². The van der Waals surface area contributed by atoms with Crippen LogP contribution in [-0.4, -0.2) is 10.9 Å². The van der Waals surface area contributed by atoms with E-state index in [9.17, 15) is 9.59 Å². The fourth-order valence-corrected chi connectivity index (χ4v) is 5.06. The van der Waals surface area contributed by atoms with Crippen LogP contribution in [0.4, 0.5) is 5.13 Å². The second kappa shape index (κ2) is 7.32. The Balaban J connectivity index is 1.80. The van der Waals surface area contributed by atoms with Crippen LogP contribution in [0, 0.1) is 13.8 Å². The largest absolute Gasteiger partial charge is 0.450 e. The second-order valence-corrected chi connectivity index (χ2v) is 9.24. The zero-order valence-corrected chi connectivity index (χ0v) is 18.8. The van der Waals surface area contributed by atoms with Crippen molar-refractivity contribution >= 4 is 44.9 Å². The van der Waals surface area contributed by atoms with E-state index in [1.807, 2.05) is 38.1 Å². The number of aromatic nitrogens is 1. The lowest BCUT2D eigenvalue weighted by molar-refractivity contribution is 0.0971. The maximum absolute atomic E-state index is 13.6. The molecule has 31 heavy (non-hydrogen) atoms. The summed E-state index contributed by atoms with van der Waals surface area (Å²) in [6.45, 7) is 5.96. The summed E-state index contributed by atoms with van der Waals surface area (Å²) in [6, 6.07) is 12.2. The standard InChI is InChI=1S/C24H19ClN2O3S/c1-4-14-5-7-15(8-6-14)20-19-21(28)17-11-16(25)9-10-18(17)30-22(19)23(29)27(20)24-26-12(2)13(3)31-24/h5-11,20H,4H2,1-3H3. The number of amides is 1. The number of hydrogen-bond donors (Lipinski definition) is 0. The summed E-state index contributed by atoms with van der Waals surface area (Å²) in [4.78, 5) is 34.3. The lowest BCUT2D eigenvalue weighted by Crippen LogP contribution is -2.29. The molecule has 1 aliphatic heterocycles. The molecule has 156 valence electrons. The van der Waals surface area contributed by atoms with Gasteiger partial charge in [-0.15, -0.1) is 11.3 Å². The molecule has 1 aliphatic rings. The van der Waals surface area contributed by atoms with Crippen molar-refractivity contribution in [2.24, 2.45) is 0 Å². The summed E-state index contributed by atoms with van der Waals surface area (Å²) < 4.78 is 5.96. The van der Waals surface area contributed by atoms with Crippen LogP contribution in [-0.2, 0) is 6.42 Å². The number of nitrogens with zero attached hydrogens (tertiary/aromatic N) is 2. The van der Waals surface area contributed by atoms with Crippen LogP contribution < -0.4 is 10.3 Å². The number of carbonyl (C=O) groups is 1. The number of anilines is 1. The first-order valence-electron chi connectivity index (χ1n) is 10.0. The zero-order chi connectivity index (χ0) is 21.9. The van der Waals surface area contributed by atoms with E-state index in [2.05, 4.69) is 11.9 Å². The van der Waals surface area contributed by atoms with Gasteiger partial charge in [0.1, 0.15) is 5.58 Å². The van der Waals surface area contributed by atoms with E-state index in [4.69, 9.17) is 16.0 Å². The van der Waals surface area contributed by atoms with Gasteiger partial charge in [0.05, 0.1) is 22.7 Å². The Bertz CT molecular complexity index is 1390. The summed E-state index contributed by atoms with van der Waals surface area (Å²) in [7, 11) is 0. The minimum atomic E-state index is -0.613. The third kappa shape index (κ3) is 3.09. The van der Waals surface area contributed by atoms with Crippen LogP contribution in [0.15, 0.2) is 51.7 Å². The molecule has 0 saturated heterocycles.